The van der Waals surface area contributed by atoms with E-state index >= 15 is 0 Å². The van der Waals surface area contributed by atoms with Crippen molar-refractivity contribution >= 4 is 32.5 Å². The minimum absolute atomic E-state index is 0. The standard InChI is InChI=1S/C49H45N2.C19H12NS.Ir/c1-33-29-39(37-22-16-21-36(31-37)20-9-6-5-8-17-35-18-10-7-11-19-35)30-34(2)46(33)47-41-24-13-15-26-45(41)50-48(51-47)38-27-28-44-42(32-38)40-23-12-14-25-43(40)49(44,3)4;1-2-7-14(8-3-1)15-9-6-10-16(13-15)19-20-17-11-4-5-12-18(17)21-19;/h7,10-16,18-19,21-26,28-32H,5-6,8-9,17,20H2,1-4H3;1-9,11-13H;/q2*-1;. The molecule has 0 fully saturated rings. The molecule has 0 unspecified atom stereocenters. The average Bonchev–Trinajstić information content (AvgIpc) is 3.96. The summed E-state index contributed by atoms with van der Waals surface area (Å²) in [6.45, 7) is 9.05. The number of fused-ring (bicyclic) bond motifs is 5. The zero-order valence-electron chi connectivity index (χ0n) is 41.9. The number of hydrogen-bond donors (Lipinski definition) is 0. The van der Waals surface area contributed by atoms with Gasteiger partial charge in [0, 0.05) is 40.8 Å². The van der Waals surface area contributed by atoms with Crippen molar-refractivity contribution in [2.24, 2.45) is 0 Å². The molecular formula is C68H57IrN3S-2. The number of nitrogens with zero attached hydrogens (tertiary/aromatic N) is 3. The third-order valence-electron chi connectivity index (χ3n) is 14.3. The van der Waals surface area contributed by atoms with E-state index in [0.29, 0.717) is 5.82 Å². The molecule has 0 atom stereocenters. The van der Waals surface area contributed by atoms with Gasteiger partial charge < -0.3 is 0 Å². The fraction of sp³-hybridized carbons (Fsp3) is 0.162. The molecule has 0 spiro atoms. The number of aromatic nitrogens is 3. The van der Waals surface area contributed by atoms with Gasteiger partial charge in [0.2, 0.25) is 0 Å². The molecule has 2 heterocycles. The van der Waals surface area contributed by atoms with Crippen LogP contribution in [0.3, 0.4) is 0 Å². The van der Waals surface area contributed by atoms with Gasteiger partial charge in [-0.05, 0) is 113 Å². The molecule has 11 aromatic rings. The van der Waals surface area contributed by atoms with Crippen molar-refractivity contribution in [3.8, 4) is 66.6 Å². The van der Waals surface area contributed by atoms with Gasteiger partial charge in [-0.1, -0.05) is 184 Å². The van der Waals surface area contributed by atoms with Crippen LogP contribution >= 0.6 is 11.3 Å². The monoisotopic (exact) mass is 1140 g/mol. The number of hydrogen-bond acceptors (Lipinski definition) is 4. The third kappa shape index (κ3) is 10.5. The Labute approximate surface area is 448 Å². The molecule has 361 valence electrons. The smallest absolute Gasteiger partial charge is 0.0763 e. The maximum atomic E-state index is 5.33. The van der Waals surface area contributed by atoms with Crippen LogP contribution in [-0.2, 0) is 38.4 Å². The molecule has 1 aliphatic carbocycles. The van der Waals surface area contributed by atoms with E-state index in [1.807, 2.05) is 24.3 Å². The van der Waals surface area contributed by atoms with Crippen LogP contribution in [0.2, 0.25) is 0 Å². The fourth-order valence-electron chi connectivity index (χ4n) is 10.6. The second-order valence-electron chi connectivity index (χ2n) is 19.7. The molecule has 3 nitrogen and oxygen atoms in total. The number of unbranched alkanes of at least 4 members (excludes halogenated alkanes) is 3. The van der Waals surface area contributed by atoms with Crippen LogP contribution in [0.5, 0.6) is 0 Å². The summed E-state index contributed by atoms with van der Waals surface area (Å²) in [6, 6.07) is 78.0. The van der Waals surface area contributed by atoms with E-state index < -0.39 is 0 Å². The van der Waals surface area contributed by atoms with Crippen LogP contribution < -0.4 is 0 Å². The minimum Gasteiger partial charge on any atom is -0.285 e. The predicted octanol–water partition coefficient (Wildman–Crippen LogP) is 18.1. The van der Waals surface area contributed by atoms with Crippen molar-refractivity contribution in [3.63, 3.8) is 0 Å². The summed E-state index contributed by atoms with van der Waals surface area (Å²) < 4.78 is 1.21. The molecule has 1 aliphatic rings. The second-order valence-corrected chi connectivity index (χ2v) is 20.7. The molecule has 2 aromatic heterocycles. The van der Waals surface area contributed by atoms with E-state index in [9.17, 15) is 0 Å². The molecule has 0 aliphatic heterocycles. The summed E-state index contributed by atoms with van der Waals surface area (Å²) in [4.78, 5) is 15.1. The van der Waals surface area contributed by atoms with Gasteiger partial charge in [-0.15, -0.1) is 64.7 Å². The van der Waals surface area contributed by atoms with Gasteiger partial charge in [0.15, 0.2) is 0 Å². The predicted molar refractivity (Wildman–Crippen MR) is 303 cm³/mol. The van der Waals surface area contributed by atoms with E-state index in [1.165, 1.54) is 109 Å². The van der Waals surface area contributed by atoms with Gasteiger partial charge in [0.25, 0.3) is 0 Å². The van der Waals surface area contributed by atoms with Crippen molar-refractivity contribution in [1.29, 1.82) is 0 Å². The number of aryl methyl sites for hydroxylation is 4. The van der Waals surface area contributed by atoms with E-state index in [0.717, 1.165) is 44.7 Å². The van der Waals surface area contributed by atoms with E-state index in [4.69, 9.17) is 15.0 Å². The molecule has 5 heteroatoms. The first-order valence-electron chi connectivity index (χ1n) is 25.4. The van der Waals surface area contributed by atoms with Gasteiger partial charge in [-0.25, -0.2) is 0 Å². The van der Waals surface area contributed by atoms with Gasteiger partial charge >= 0.3 is 0 Å². The number of thiazole rings is 1. The Hall–Kier alpha value is -7.14. The molecule has 1 radical (unpaired) electrons. The molecule has 12 rings (SSSR count). The molecular weight excluding hydrogens is 1080 g/mol. The molecule has 9 aromatic carbocycles. The Morgan fingerprint density at radius 2 is 1.12 bits per heavy atom. The Bertz CT molecular complexity index is 3650. The van der Waals surface area contributed by atoms with E-state index in [2.05, 4.69) is 216 Å². The maximum Gasteiger partial charge on any atom is 0.0763 e. The molecule has 0 bridgehead atoms. The van der Waals surface area contributed by atoms with Crippen molar-refractivity contribution in [2.75, 3.05) is 0 Å². The van der Waals surface area contributed by atoms with Crippen molar-refractivity contribution in [3.05, 3.63) is 246 Å². The van der Waals surface area contributed by atoms with Crippen LogP contribution in [0.4, 0.5) is 0 Å². The summed E-state index contributed by atoms with van der Waals surface area (Å²) >= 11 is 1.71. The topological polar surface area (TPSA) is 38.7 Å². The Morgan fingerprint density at radius 3 is 1.90 bits per heavy atom. The number of benzene rings is 9. The Morgan fingerprint density at radius 1 is 0.479 bits per heavy atom. The van der Waals surface area contributed by atoms with Crippen LogP contribution in [0.25, 0.3) is 87.7 Å². The third-order valence-corrected chi connectivity index (χ3v) is 15.4. The fourth-order valence-corrected chi connectivity index (χ4v) is 11.6. The van der Waals surface area contributed by atoms with Gasteiger partial charge in [-0.3, -0.25) is 15.0 Å². The van der Waals surface area contributed by atoms with Crippen LogP contribution in [0.1, 0.15) is 72.9 Å². The number of rotatable bonds is 12. The molecule has 0 saturated carbocycles. The first kappa shape index (κ1) is 49.4. The summed E-state index contributed by atoms with van der Waals surface area (Å²) in [7, 11) is 0. The Kier molecular flexibility index (Phi) is 14.8. The minimum atomic E-state index is -0.0610. The first-order chi connectivity index (χ1) is 35.3. The van der Waals surface area contributed by atoms with Gasteiger partial charge in [0.05, 0.1) is 22.6 Å². The summed E-state index contributed by atoms with van der Waals surface area (Å²) in [5, 5.41) is 2.09. The Balaban J connectivity index is 0.000000231. The molecule has 0 saturated heterocycles. The summed E-state index contributed by atoms with van der Waals surface area (Å²) in [6.07, 6.45) is 7.34. The van der Waals surface area contributed by atoms with Crippen LogP contribution in [0, 0.1) is 26.0 Å². The maximum absolute atomic E-state index is 5.33. The van der Waals surface area contributed by atoms with E-state index in [1.54, 1.807) is 11.3 Å². The SMILES string of the molecule is Cc1cc(-c2cccc(CCCCCCc3ccccc3)c2)cc(C)c1-c1nc(-c2[c-]cc3c(c2)-c2ccccc2C3(C)C)nc2ccccc12.[Ir].[c-]1ccc(-c2ccccc2)cc1-c1nc2ccccc2s1. The van der Waals surface area contributed by atoms with Crippen molar-refractivity contribution in [2.45, 2.75) is 71.6 Å². The molecule has 0 N–H and O–H groups in total. The zero-order chi connectivity index (χ0) is 49.0. The van der Waals surface area contributed by atoms with Crippen molar-refractivity contribution in [1.82, 2.24) is 15.0 Å². The quantitative estimate of drug-likeness (QED) is 0.0904. The molecule has 73 heavy (non-hydrogen) atoms. The first-order valence-corrected chi connectivity index (χ1v) is 26.2. The molecule has 0 amide bonds. The summed E-state index contributed by atoms with van der Waals surface area (Å²) in [5.74, 6) is 0.712. The van der Waals surface area contributed by atoms with E-state index in [-0.39, 0.29) is 25.5 Å². The van der Waals surface area contributed by atoms with Gasteiger partial charge in [0.1, 0.15) is 0 Å². The normalized spacial score (nSPS) is 12.2. The number of para-hydroxylation sites is 2. The zero-order valence-corrected chi connectivity index (χ0v) is 45.1. The van der Waals surface area contributed by atoms with Crippen molar-refractivity contribution < 1.29 is 20.1 Å². The van der Waals surface area contributed by atoms with Gasteiger partial charge in [-0.2, -0.15) is 11.3 Å². The summed E-state index contributed by atoms with van der Waals surface area (Å²) in [5.41, 5.74) is 21.5. The second kappa shape index (κ2) is 21.9. The largest absolute Gasteiger partial charge is 0.285 e. The van der Waals surface area contributed by atoms with Crippen LogP contribution in [-0.4, -0.2) is 15.0 Å². The van der Waals surface area contributed by atoms with Crippen LogP contribution in [0.15, 0.2) is 200 Å². The average molecular weight is 1140 g/mol.